The van der Waals surface area contributed by atoms with Gasteiger partial charge in [-0.2, -0.15) is 13.2 Å². The van der Waals surface area contributed by atoms with E-state index in [1.807, 2.05) is 0 Å². The Bertz CT molecular complexity index is 1500. The van der Waals surface area contributed by atoms with Crippen molar-refractivity contribution in [3.63, 3.8) is 0 Å². The number of hydrogen-bond donors (Lipinski definition) is 2. The fourth-order valence-electron chi connectivity index (χ4n) is 3.52. The molecule has 4 aromatic carbocycles. The maximum Gasteiger partial charge on any atom is 0.416 e. The lowest BCUT2D eigenvalue weighted by atomic mass is 10.1. The van der Waals surface area contributed by atoms with Gasteiger partial charge in [0.1, 0.15) is 5.25 Å². The van der Waals surface area contributed by atoms with E-state index in [0.717, 1.165) is 18.2 Å². The van der Waals surface area contributed by atoms with Gasteiger partial charge in [-0.1, -0.05) is 65.1 Å². The van der Waals surface area contributed by atoms with Crippen molar-refractivity contribution in [3.8, 4) is 0 Å². The number of halogens is 6. The predicted molar refractivity (Wildman–Crippen MR) is 151 cm³/mol. The zero-order valence-electron chi connectivity index (χ0n) is 19.7. The van der Waals surface area contributed by atoms with Gasteiger partial charge in [0.15, 0.2) is 0 Å². The molecule has 4 rings (SSSR count). The third kappa shape index (κ3) is 7.48. The molecule has 11 heteroatoms. The van der Waals surface area contributed by atoms with Crippen LogP contribution in [0.5, 0.6) is 0 Å². The van der Waals surface area contributed by atoms with Crippen LogP contribution in [0.25, 0.3) is 0 Å². The first-order chi connectivity index (χ1) is 18.5. The van der Waals surface area contributed by atoms with Gasteiger partial charge >= 0.3 is 6.18 Å². The van der Waals surface area contributed by atoms with E-state index in [1.165, 1.54) is 23.9 Å². The van der Waals surface area contributed by atoms with Crippen LogP contribution < -0.4 is 10.6 Å². The summed E-state index contributed by atoms with van der Waals surface area (Å²) in [4.78, 5) is 26.6. The molecule has 1 unspecified atom stereocenters. The van der Waals surface area contributed by atoms with Gasteiger partial charge in [0.2, 0.25) is 5.91 Å². The van der Waals surface area contributed by atoms with Gasteiger partial charge in [0.05, 0.1) is 26.9 Å². The summed E-state index contributed by atoms with van der Waals surface area (Å²) in [5.41, 5.74) is 0.318. The number of nitrogens with one attached hydrogen (secondary N) is 2. The number of carbonyl (C=O) groups excluding carboxylic acids is 2. The van der Waals surface area contributed by atoms with Crippen LogP contribution in [-0.2, 0) is 11.0 Å². The number of thioether (sulfide) groups is 1. The fourth-order valence-corrected chi connectivity index (χ4v) is 5.21. The molecule has 2 amide bonds. The summed E-state index contributed by atoms with van der Waals surface area (Å²) < 4.78 is 39.6. The molecule has 4 aromatic rings. The number of anilines is 2. The number of carbonyl (C=O) groups is 2. The maximum absolute atomic E-state index is 13.3. The van der Waals surface area contributed by atoms with Gasteiger partial charge in [-0.25, -0.2) is 0 Å². The van der Waals surface area contributed by atoms with Crippen LogP contribution in [0, 0.1) is 0 Å². The van der Waals surface area contributed by atoms with Gasteiger partial charge in [0.25, 0.3) is 5.91 Å². The molecule has 0 aliphatic carbocycles. The highest BCUT2D eigenvalue weighted by atomic mass is 35.5. The highest BCUT2D eigenvalue weighted by Crippen LogP contribution is 2.39. The summed E-state index contributed by atoms with van der Waals surface area (Å²) >= 11 is 19.3. The molecule has 0 aliphatic rings. The molecule has 200 valence electrons. The molecule has 2 N–H and O–H groups in total. The van der Waals surface area contributed by atoms with Crippen LogP contribution in [0.1, 0.15) is 26.7 Å². The summed E-state index contributed by atoms with van der Waals surface area (Å²) in [5.74, 6) is -0.973. The normalized spacial score (nSPS) is 12.1. The number of rotatable bonds is 7. The number of benzene rings is 4. The van der Waals surface area contributed by atoms with Crippen LogP contribution in [0.4, 0.5) is 24.5 Å². The number of alkyl halides is 3. The standard InChI is InChI=1S/C28H18Cl3F3N2O2S/c29-18-7-12-21(23(31)15-18)26(37)35-19-8-10-20(11-9-19)39-25(16-4-2-1-3-5-16)27(38)36-24-14-17(28(32,33)34)6-13-22(24)30/h1-15,25H,(H,35,37)(H,36,38). The first-order valence-electron chi connectivity index (χ1n) is 11.3. The SMILES string of the molecule is O=C(Nc1ccc(SC(C(=O)Nc2cc(C(F)(F)F)ccc2Cl)c2ccccc2)cc1)c1ccc(Cl)cc1Cl. The van der Waals surface area contributed by atoms with Crippen molar-refractivity contribution in [2.24, 2.45) is 0 Å². The van der Waals surface area contributed by atoms with Crippen molar-refractivity contribution >= 4 is 69.8 Å². The Morgan fingerprint density at radius 3 is 2.10 bits per heavy atom. The minimum Gasteiger partial charge on any atom is -0.323 e. The minimum atomic E-state index is -4.59. The molecule has 0 bridgehead atoms. The van der Waals surface area contributed by atoms with Crippen molar-refractivity contribution in [2.75, 3.05) is 10.6 Å². The Kier molecular flexibility index (Phi) is 9.12. The lowest BCUT2D eigenvalue weighted by molar-refractivity contribution is -0.137. The molecule has 1 atom stereocenters. The zero-order chi connectivity index (χ0) is 28.2. The van der Waals surface area contributed by atoms with Crippen molar-refractivity contribution in [3.05, 3.63) is 123 Å². The molecule has 0 aliphatic heterocycles. The van der Waals surface area contributed by atoms with E-state index in [-0.39, 0.29) is 21.3 Å². The molecule has 4 nitrogen and oxygen atoms in total. The first-order valence-corrected chi connectivity index (χ1v) is 13.3. The highest BCUT2D eigenvalue weighted by Gasteiger charge is 2.31. The predicted octanol–water partition coefficient (Wildman–Crippen LogP) is 9.39. The molecule has 0 heterocycles. The molecule has 39 heavy (non-hydrogen) atoms. The molecule has 0 saturated carbocycles. The monoisotopic (exact) mass is 608 g/mol. The van der Waals surface area contributed by atoms with Crippen molar-refractivity contribution < 1.29 is 22.8 Å². The minimum absolute atomic E-state index is 0.0194. The van der Waals surface area contributed by atoms with Crippen molar-refractivity contribution in [1.82, 2.24) is 0 Å². The second kappa shape index (κ2) is 12.3. The van der Waals surface area contributed by atoms with Crippen molar-refractivity contribution in [2.45, 2.75) is 16.3 Å². The van der Waals surface area contributed by atoms with E-state index < -0.39 is 28.8 Å². The van der Waals surface area contributed by atoms with Crippen LogP contribution >= 0.6 is 46.6 Å². The quantitative estimate of drug-likeness (QED) is 0.205. The molecular formula is C28H18Cl3F3N2O2S. The van der Waals surface area contributed by atoms with E-state index in [9.17, 15) is 22.8 Å². The van der Waals surface area contributed by atoms with Gasteiger partial charge in [-0.15, -0.1) is 11.8 Å². The van der Waals surface area contributed by atoms with E-state index in [2.05, 4.69) is 10.6 Å². The smallest absolute Gasteiger partial charge is 0.323 e. The average molecular weight is 610 g/mol. The van der Waals surface area contributed by atoms with Crippen LogP contribution in [0.15, 0.2) is 95.9 Å². The maximum atomic E-state index is 13.3. The Morgan fingerprint density at radius 1 is 0.769 bits per heavy atom. The van der Waals surface area contributed by atoms with E-state index in [4.69, 9.17) is 34.8 Å². The number of hydrogen-bond acceptors (Lipinski definition) is 3. The fraction of sp³-hybridized carbons (Fsp3) is 0.0714. The van der Waals surface area contributed by atoms with Gasteiger partial charge in [0, 0.05) is 15.6 Å². The highest BCUT2D eigenvalue weighted by molar-refractivity contribution is 8.00. The number of amides is 2. The lowest BCUT2D eigenvalue weighted by Gasteiger charge is -2.18. The summed E-state index contributed by atoms with van der Waals surface area (Å²) in [6.45, 7) is 0. The van der Waals surface area contributed by atoms with Gasteiger partial charge < -0.3 is 10.6 Å². The van der Waals surface area contributed by atoms with Crippen LogP contribution in [-0.4, -0.2) is 11.8 Å². The molecule has 0 aromatic heterocycles. The van der Waals surface area contributed by atoms with Gasteiger partial charge in [-0.05, 0) is 66.2 Å². The third-order valence-electron chi connectivity index (χ3n) is 5.43. The van der Waals surface area contributed by atoms with Crippen LogP contribution in [0.2, 0.25) is 15.1 Å². The van der Waals surface area contributed by atoms with Crippen LogP contribution in [0.3, 0.4) is 0 Å². The summed E-state index contributed by atoms with van der Waals surface area (Å²) in [6.07, 6.45) is -4.59. The second-order valence-electron chi connectivity index (χ2n) is 8.19. The summed E-state index contributed by atoms with van der Waals surface area (Å²) in [7, 11) is 0. The second-order valence-corrected chi connectivity index (χ2v) is 10.6. The Labute approximate surface area is 241 Å². The molecule has 0 saturated heterocycles. The third-order valence-corrected chi connectivity index (χ3v) is 7.58. The molecule has 0 spiro atoms. The summed E-state index contributed by atoms with van der Waals surface area (Å²) in [5, 5.41) is 5.07. The van der Waals surface area contributed by atoms with Gasteiger partial charge in [-0.3, -0.25) is 9.59 Å². The Morgan fingerprint density at radius 2 is 1.46 bits per heavy atom. The molecular weight excluding hydrogens is 592 g/mol. The Balaban J connectivity index is 1.53. The largest absolute Gasteiger partial charge is 0.416 e. The zero-order valence-corrected chi connectivity index (χ0v) is 22.8. The van der Waals surface area contributed by atoms with E-state index >= 15 is 0 Å². The lowest BCUT2D eigenvalue weighted by Crippen LogP contribution is -2.19. The van der Waals surface area contributed by atoms with Crippen molar-refractivity contribution in [1.29, 1.82) is 0 Å². The van der Waals surface area contributed by atoms with E-state index in [1.54, 1.807) is 60.7 Å². The topological polar surface area (TPSA) is 58.2 Å². The Hall–Kier alpha value is -3.17. The molecule has 0 fully saturated rings. The molecule has 0 radical (unpaired) electrons. The average Bonchev–Trinajstić information content (AvgIpc) is 2.89. The summed E-state index contributed by atoms with van der Waals surface area (Å²) in [6, 6.07) is 22.8. The first kappa shape index (κ1) is 28.8. The van der Waals surface area contributed by atoms with E-state index in [0.29, 0.717) is 21.2 Å².